The summed E-state index contributed by atoms with van der Waals surface area (Å²) in [6.45, 7) is 6.42. The standard InChI is InChI=1S/C22H29N3O4/c1-3-28-10-8-24-13-17-11-18(14-24)21(25-19(17)5-4-6-20(25)26)22(27)23(2)12-16-7-9-29-15-16/h4-7,9,15,17-18,21H,3,8,10-14H2,1-2H3/t17-,18+,21+/m0/s1. The number of amides is 1. The van der Waals surface area contributed by atoms with Crippen LogP contribution in [0.3, 0.4) is 0 Å². The molecular weight excluding hydrogens is 370 g/mol. The van der Waals surface area contributed by atoms with Crippen LogP contribution in [0.2, 0.25) is 0 Å². The zero-order valence-corrected chi connectivity index (χ0v) is 17.1. The van der Waals surface area contributed by atoms with Crippen molar-refractivity contribution in [2.75, 3.05) is 39.9 Å². The summed E-state index contributed by atoms with van der Waals surface area (Å²) >= 11 is 0. The Balaban J connectivity index is 1.62. The predicted octanol–water partition coefficient (Wildman–Crippen LogP) is 2.10. The molecule has 1 saturated heterocycles. The zero-order valence-electron chi connectivity index (χ0n) is 17.1. The zero-order chi connectivity index (χ0) is 20.4. The summed E-state index contributed by atoms with van der Waals surface area (Å²) in [5.41, 5.74) is 1.83. The highest BCUT2D eigenvalue weighted by molar-refractivity contribution is 5.81. The van der Waals surface area contributed by atoms with Gasteiger partial charge in [0.15, 0.2) is 0 Å². The number of piperidine rings is 1. The smallest absolute Gasteiger partial charge is 0.251 e. The van der Waals surface area contributed by atoms with Crippen LogP contribution in [0.1, 0.15) is 36.6 Å². The van der Waals surface area contributed by atoms with Crippen LogP contribution < -0.4 is 5.56 Å². The van der Waals surface area contributed by atoms with Crippen molar-refractivity contribution in [2.45, 2.75) is 31.8 Å². The van der Waals surface area contributed by atoms with Crippen molar-refractivity contribution in [3.63, 3.8) is 0 Å². The van der Waals surface area contributed by atoms with E-state index in [-0.39, 0.29) is 23.3 Å². The molecule has 4 heterocycles. The van der Waals surface area contributed by atoms with Gasteiger partial charge < -0.3 is 19.0 Å². The Kier molecular flexibility index (Phi) is 5.87. The van der Waals surface area contributed by atoms with Gasteiger partial charge in [-0.3, -0.25) is 14.2 Å². The number of likely N-dealkylation sites (N-methyl/N-ethyl adjacent to an activating group) is 1. The molecule has 0 saturated carbocycles. The lowest BCUT2D eigenvalue weighted by molar-refractivity contribution is -0.137. The Morgan fingerprint density at radius 1 is 1.31 bits per heavy atom. The fourth-order valence-electron chi connectivity index (χ4n) is 4.83. The maximum absolute atomic E-state index is 13.5. The van der Waals surface area contributed by atoms with Crippen molar-refractivity contribution in [3.8, 4) is 0 Å². The van der Waals surface area contributed by atoms with Gasteiger partial charge in [0.25, 0.3) is 5.56 Å². The van der Waals surface area contributed by atoms with Crippen LogP contribution in [0.25, 0.3) is 0 Å². The number of aromatic nitrogens is 1. The molecule has 2 aliphatic heterocycles. The Hall–Kier alpha value is -2.38. The summed E-state index contributed by atoms with van der Waals surface area (Å²) in [5, 5.41) is 0. The van der Waals surface area contributed by atoms with Crippen LogP contribution in [0.4, 0.5) is 0 Å². The van der Waals surface area contributed by atoms with Gasteiger partial charge in [0.2, 0.25) is 5.91 Å². The average molecular weight is 399 g/mol. The number of furan rings is 1. The van der Waals surface area contributed by atoms with E-state index < -0.39 is 6.04 Å². The normalized spacial score (nSPS) is 23.6. The van der Waals surface area contributed by atoms with Gasteiger partial charge in [-0.25, -0.2) is 0 Å². The molecule has 0 radical (unpaired) electrons. The highest BCUT2D eigenvalue weighted by atomic mass is 16.5. The van der Waals surface area contributed by atoms with Gasteiger partial charge in [0.05, 0.1) is 19.1 Å². The van der Waals surface area contributed by atoms with Gasteiger partial charge in [-0.15, -0.1) is 0 Å². The minimum absolute atomic E-state index is 0.0177. The quantitative estimate of drug-likeness (QED) is 0.667. The lowest BCUT2D eigenvalue weighted by Gasteiger charge is -2.47. The molecular formula is C22H29N3O4. The molecule has 4 rings (SSSR count). The van der Waals surface area contributed by atoms with E-state index in [9.17, 15) is 9.59 Å². The van der Waals surface area contributed by atoms with E-state index in [0.29, 0.717) is 19.8 Å². The molecule has 2 bridgehead atoms. The lowest BCUT2D eigenvalue weighted by Crippen LogP contribution is -2.53. The first-order valence-electron chi connectivity index (χ1n) is 10.4. The molecule has 29 heavy (non-hydrogen) atoms. The number of nitrogens with zero attached hydrogens (tertiary/aromatic N) is 3. The van der Waals surface area contributed by atoms with Crippen LogP contribution >= 0.6 is 0 Å². The average Bonchev–Trinajstić information content (AvgIpc) is 3.22. The highest BCUT2D eigenvalue weighted by Gasteiger charge is 2.44. The van der Waals surface area contributed by atoms with Crippen molar-refractivity contribution < 1.29 is 13.9 Å². The second-order valence-corrected chi connectivity index (χ2v) is 8.08. The van der Waals surface area contributed by atoms with Crippen molar-refractivity contribution in [2.24, 2.45) is 5.92 Å². The van der Waals surface area contributed by atoms with Crippen LogP contribution in [-0.4, -0.2) is 60.2 Å². The van der Waals surface area contributed by atoms with Gasteiger partial charge in [-0.05, 0) is 25.5 Å². The maximum Gasteiger partial charge on any atom is 0.251 e. The molecule has 3 atom stereocenters. The fraction of sp³-hybridized carbons (Fsp3) is 0.545. The van der Waals surface area contributed by atoms with Gasteiger partial charge in [0.1, 0.15) is 6.04 Å². The maximum atomic E-state index is 13.5. The van der Waals surface area contributed by atoms with Crippen LogP contribution in [-0.2, 0) is 16.1 Å². The minimum atomic E-state index is -0.471. The van der Waals surface area contributed by atoms with Gasteiger partial charge in [0, 0.05) is 69.0 Å². The highest BCUT2D eigenvalue weighted by Crippen LogP contribution is 2.41. The Bertz CT molecular complexity index is 892. The largest absolute Gasteiger partial charge is 0.472 e. The molecule has 2 aromatic rings. The fourth-order valence-corrected chi connectivity index (χ4v) is 4.83. The van der Waals surface area contributed by atoms with E-state index >= 15 is 0 Å². The number of carbonyl (C=O) groups is 1. The molecule has 156 valence electrons. The minimum Gasteiger partial charge on any atom is -0.472 e. The van der Waals surface area contributed by atoms with E-state index in [1.54, 1.807) is 35.1 Å². The molecule has 0 N–H and O–H groups in total. The molecule has 7 heteroatoms. The summed E-state index contributed by atoms with van der Waals surface area (Å²) in [6, 6.07) is 6.77. The third-order valence-electron chi connectivity index (χ3n) is 6.11. The van der Waals surface area contributed by atoms with Gasteiger partial charge >= 0.3 is 0 Å². The van der Waals surface area contributed by atoms with E-state index in [2.05, 4.69) is 4.90 Å². The first kappa shape index (κ1) is 19.9. The van der Waals surface area contributed by atoms with Gasteiger partial charge in [-0.2, -0.15) is 0 Å². The van der Waals surface area contributed by atoms with Crippen molar-refractivity contribution >= 4 is 5.91 Å². The topological polar surface area (TPSA) is 67.9 Å². The SMILES string of the molecule is CCOCCN1C[C@@H]2C[C@H](C1)[C@H](C(=O)N(C)Cc1ccoc1)n1c2cccc1=O. The van der Waals surface area contributed by atoms with Crippen LogP contribution in [0.5, 0.6) is 0 Å². The first-order chi connectivity index (χ1) is 14.1. The van der Waals surface area contributed by atoms with Crippen LogP contribution in [0.15, 0.2) is 46.0 Å². The first-order valence-corrected chi connectivity index (χ1v) is 10.4. The number of carbonyl (C=O) groups excluding carboxylic acids is 1. The number of rotatable bonds is 7. The Morgan fingerprint density at radius 3 is 2.93 bits per heavy atom. The number of fused-ring (bicyclic) bond motifs is 4. The van der Waals surface area contributed by atoms with E-state index in [0.717, 1.165) is 37.3 Å². The molecule has 0 aromatic carbocycles. The second-order valence-electron chi connectivity index (χ2n) is 8.08. The second kappa shape index (κ2) is 8.55. The summed E-state index contributed by atoms with van der Waals surface area (Å²) < 4.78 is 12.4. The van der Waals surface area contributed by atoms with Crippen molar-refractivity contribution in [1.29, 1.82) is 0 Å². The molecule has 0 unspecified atom stereocenters. The molecule has 7 nitrogen and oxygen atoms in total. The van der Waals surface area contributed by atoms with E-state index in [4.69, 9.17) is 9.15 Å². The molecule has 2 aromatic heterocycles. The van der Waals surface area contributed by atoms with Gasteiger partial charge in [-0.1, -0.05) is 6.07 Å². The third-order valence-corrected chi connectivity index (χ3v) is 6.11. The number of hydrogen-bond donors (Lipinski definition) is 0. The summed E-state index contributed by atoms with van der Waals surface area (Å²) in [4.78, 5) is 30.4. The van der Waals surface area contributed by atoms with Crippen LogP contribution in [0, 0.1) is 5.92 Å². The molecule has 1 amide bonds. The van der Waals surface area contributed by atoms with E-state index in [1.165, 1.54) is 0 Å². The molecule has 2 aliphatic rings. The summed E-state index contributed by atoms with van der Waals surface area (Å²) in [6.07, 6.45) is 4.19. The van der Waals surface area contributed by atoms with Crippen molar-refractivity contribution in [3.05, 3.63) is 58.4 Å². The number of pyridine rings is 1. The Labute approximate surface area is 170 Å². The van der Waals surface area contributed by atoms with Crippen molar-refractivity contribution in [1.82, 2.24) is 14.4 Å². The lowest BCUT2D eigenvalue weighted by atomic mass is 9.78. The monoisotopic (exact) mass is 399 g/mol. The van der Waals surface area contributed by atoms with E-state index in [1.807, 2.05) is 25.1 Å². The molecule has 1 fully saturated rings. The summed E-state index contributed by atoms with van der Waals surface area (Å²) in [7, 11) is 1.80. The predicted molar refractivity (Wildman–Crippen MR) is 109 cm³/mol. The summed E-state index contributed by atoms with van der Waals surface area (Å²) in [5.74, 6) is 0.366. The molecule has 0 spiro atoms. The number of hydrogen-bond acceptors (Lipinski definition) is 5. The Morgan fingerprint density at radius 2 is 2.17 bits per heavy atom. The number of likely N-dealkylation sites (tertiary alicyclic amines) is 1. The molecule has 0 aliphatic carbocycles. The third kappa shape index (κ3) is 4.02. The number of ether oxygens (including phenoxy) is 1.